The largest absolute Gasteiger partial charge is 0.699 e. The number of nitrogens with one attached hydrogen (secondary N) is 1. The molecule has 2 atom stereocenters. The van der Waals surface area contributed by atoms with Gasteiger partial charge in [0.2, 0.25) is 0 Å². The van der Waals surface area contributed by atoms with Crippen LogP contribution in [0.5, 0.6) is 0 Å². The number of hydrogen-bond donors (Lipinski definition) is 0. The molecule has 54 heavy (non-hydrogen) atoms. The van der Waals surface area contributed by atoms with E-state index in [0.29, 0.717) is 13.9 Å². The number of hydrogen-bond acceptors (Lipinski definition) is 1. The number of fused-ring (bicyclic) bond motifs is 1. The van der Waals surface area contributed by atoms with Gasteiger partial charge in [0, 0.05) is 55.7 Å². The van der Waals surface area contributed by atoms with Gasteiger partial charge in [-0.2, -0.15) is 0 Å². The quantitative estimate of drug-likeness (QED) is 0.188. The van der Waals surface area contributed by atoms with Gasteiger partial charge in [-0.25, -0.2) is 4.98 Å². The van der Waals surface area contributed by atoms with Crippen LogP contribution in [0.4, 0.5) is 5.69 Å². The normalized spacial score (nSPS) is 16.1. The first-order valence-electron chi connectivity index (χ1n) is 19.7. The fourth-order valence-corrected chi connectivity index (χ4v) is 13.0. The first-order valence-corrected chi connectivity index (χ1v) is 22.6. The van der Waals surface area contributed by atoms with Crippen molar-refractivity contribution in [3.8, 4) is 0 Å². The zero-order valence-corrected chi connectivity index (χ0v) is 41.1. The van der Waals surface area contributed by atoms with E-state index in [9.17, 15) is 0 Å². The minimum absolute atomic E-state index is 0. The van der Waals surface area contributed by atoms with Gasteiger partial charge in [0.1, 0.15) is 25.9 Å². The summed E-state index contributed by atoms with van der Waals surface area (Å²) in [6.45, 7) is 40.5. The summed E-state index contributed by atoms with van der Waals surface area (Å²) in [6.07, 6.45) is 2.36. The minimum atomic E-state index is -0.828. The Morgan fingerprint density at radius 3 is 1.57 bits per heavy atom. The molecule has 1 radical (unpaired) electrons. The predicted molar refractivity (Wildman–Crippen MR) is 244 cm³/mol. The van der Waals surface area contributed by atoms with Crippen LogP contribution in [0.2, 0.25) is 0 Å². The predicted octanol–water partition coefficient (Wildman–Crippen LogP) is 13.4. The third kappa shape index (κ3) is 11.5. The molecule has 0 saturated heterocycles. The summed E-state index contributed by atoms with van der Waals surface area (Å²) in [4.78, 5) is 5.34. The number of pyridine rings is 1. The van der Waals surface area contributed by atoms with Crippen LogP contribution in [0.1, 0.15) is 162 Å². The Hall–Kier alpha value is -2.14. The smallest absolute Gasteiger partial charge is 0.153 e. The topological polar surface area (TPSA) is 36.7 Å². The van der Waals surface area contributed by atoms with Crippen molar-refractivity contribution in [3.05, 3.63) is 123 Å². The van der Waals surface area contributed by atoms with E-state index in [0.717, 1.165) is 11.9 Å². The van der Waals surface area contributed by atoms with Gasteiger partial charge in [-0.05, 0) is 50.3 Å². The maximum absolute atomic E-state index is 7.00. The second-order valence-electron chi connectivity index (χ2n) is 21.2. The van der Waals surface area contributed by atoms with E-state index >= 15 is 0 Å². The minimum Gasteiger partial charge on any atom is -0.699 e. The third-order valence-electron chi connectivity index (χ3n) is 10.5. The molecule has 3 aromatic carbocycles. The van der Waals surface area contributed by atoms with Crippen molar-refractivity contribution in [1.29, 1.82) is 0 Å². The molecule has 0 fully saturated rings. The molecular weight excluding hydrogens is 871 g/mol. The van der Waals surface area contributed by atoms with E-state index in [1.165, 1.54) is 39.4 Å². The molecule has 1 aliphatic heterocycles. The average Bonchev–Trinajstić information content (AvgIpc) is 3.26. The van der Waals surface area contributed by atoms with E-state index in [1.807, 2.05) is 18.2 Å². The van der Waals surface area contributed by atoms with Gasteiger partial charge in [0.25, 0.3) is 0 Å². The van der Waals surface area contributed by atoms with E-state index in [1.54, 1.807) is 28.6 Å². The molecule has 5 heteroatoms. The molecule has 1 N–H and O–H groups in total. The fourth-order valence-electron chi connectivity index (χ4n) is 7.34. The molecule has 2 nitrogen and oxygen atoms in total. The first-order chi connectivity index (χ1) is 24.1. The van der Waals surface area contributed by atoms with Crippen LogP contribution < -0.4 is 10.6 Å². The number of aromatic nitrogens is 1. The van der Waals surface area contributed by atoms with Crippen LogP contribution in [0.15, 0.2) is 72.8 Å². The van der Waals surface area contributed by atoms with Crippen molar-refractivity contribution < 1.29 is 20.1 Å². The summed E-state index contributed by atoms with van der Waals surface area (Å²) < 4.78 is 0. The SMILES string of the molecule is CC(C)(C)c1cc(C(C)(C)C)c(/[PH+]=C/c2cccc(C[PH+]3CC(C)(C)c4cc(C(C)(C)C)cc(C(C)(C)C)c43)n2)c(C(C)(C)C)c1.[Ir].[NH-]c1ccccc1. The number of benzene rings is 3. The Kier molecular flexibility index (Phi) is 14.4. The Morgan fingerprint density at radius 2 is 1.13 bits per heavy atom. The van der Waals surface area contributed by atoms with Crippen molar-refractivity contribution in [3.63, 3.8) is 0 Å². The molecule has 0 amide bonds. The maximum Gasteiger partial charge on any atom is 0.153 e. The molecule has 5 rings (SSSR count). The van der Waals surface area contributed by atoms with E-state index in [2.05, 4.69) is 166 Å². The Balaban J connectivity index is 0.000000878. The van der Waals surface area contributed by atoms with Crippen LogP contribution in [0, 0.1) is 0 Å². The Labute approximate surface area is 347 Å². The van der Waals surface area contributed by atoms with E-state index in [-0.39, 0.29) is 52.6 Å². The second-order valence-corrected chi connectivity index (χ2v) is 24.7. The van der Waals surface area contributed by atoms with Crippen LogP contribution >= 0.6 is 16.1 Å². The summed E-state index contributed by atoms with van der Waals surface area (Å²) >= 11 is 0. The summed E-state index contributed by atoms with van der Waals surface area (Å²) in [5.41, 5.74) is 19.7. The van der Waals surface area contributed by atoms with Crippen LogP contribution in [0.3, 0.4) is 0 Å². The molecule has 0 saturated carbocycles. The van der Waals surface area contributed by atoms with Gasteiger partial charge in [-0.1, -0.05) is 178 Å². The monoisotopic (exact) mass is 942 g/mol. The first kappa shape index (κ1) is 46.2. The summed E-state index contributed by atoms with van der Waals surface area (Å²) in [5.74, 6) is 2.42. The summed E-state index contributed by atoms with van der Waals surface area (Å²) in [6, 6.07) is 25.9. The summed E-state index contributed by atoms with van der Waals surface area (Å²) in [7, 11) is -0.251. The van der Waals surface area contributed by atoms with Crippen LogP contribution in [-0.2, 0) is 58.8 Å². The number of nitrogens with zero attached hydrogens (tertiary/aromatic N) is 1. The van der Waals surface area contributed by atoms with Gasteiger partial charge in [-0.3, -0.25) is 0 Å². The van der Waals surface area contributed by atoms with Gasteiger partial charge >= 0.3 is 0 Å². The van der Waals surface area contributed by atoms with Gasteiger partial charge in [0.05, 0.1) is 17.2 Å². The van der Waals surface area contributed by atoms with Gasteiger partial charge in [0.15, 0.2) is 5.30 Å². The molecule has 0 aliphatic carbocycles. The number of rotatable bonds is 4. The molecule has 2 unspecified atom stereocenters. The van der Waals surface area contributed by atoms with Crippen molar-refractivity contribution in [2.75, 3.05) is 6.16 Å². The standard InChI is InChI=1S/C43H63NP2.C6H6N.Ir/c1-38(2,3)28-21-32(40(7,8)9)36(33(22-28)41(10,11)12)45-25-30-19-18-20-31(44-30)26-46-27-43(16,17)35-24-29(39(4,5)6)23-34(37(35)46)42(13,14)15;7-6-4-2-1-3-5-6;/h18-25H,26-27H2,1-17H3;1-5,7H;/q;-1;/p+2. The average molecular weight is 942 g/mol. The zero-order valence-electron chi connectivity index (χ0n) is 36.7. The van der Waals surface area contributed by atoms with E-state index in [4.69, 9.17) is 10.7 Å². The molecule has 4 aromatic rings. The summed E-state index contributed by atoms with van der Waals surface area (Å²) in [5, 5.41) is 3.19. The zero-order chi connectivity index (χ0) is 39.9. The third-order valence-corrected chi connectivity index (χ3v) is 15.1. The molecule has 295 valence electrons. The van der Waals surface area contributed by atoms with Gasteiger partial charge in [-0.15, -0.1) is 5.69 Å². The van der Waals surface area contributed by atoms with Crippen molar-refractivity contribution >= 4 is 38.2 Å². The molecule has 1 aliphatic rings. The molecule has 0 spiro atoms. The van der Waals surface area contributed by atoms with Crippen molar-refractivity contribution in [2.24, 2.45) is 0 Å². The molecule has 2 heterocycles. The van der Waals surface area contributed by atoms with Crippen LogP contribution in [-0.4, -0.2) is 16.9 Å². The Morgan fingerprint density at radius 1 is 0.648 bits per heavy atom. The fraction of sp³-hybridized carbons (Fsp3) is 0.510. The maximum atomic E-state index is 7.00. The second kappa shape index (κ2) is 16.8. The van der Waals surface area contributed by atoms with Gasteiger partial charge < -0.3 is 5.73 Å². The van der Waals surface area contributed by atoms with Crippen molar-refractivity contribution in [1.82, 2.24) is 4.98 Å². The van der Waals surface area contributed by atoms with Crippen molar-refractivity contribution in [2.45, 2.75) is 156 Å². The molecule has 0 bridgehead atoms. The van der Waals surface area contributed by atoms with E-state index < -0.39 is 7.92 Å². The Bertz CT molecular complexity index is 1890. The molecule has 1 aromatic heterocycles. The molecular formula is C49H71IrN2P2+. The van der Waals surface area contributed by atoms with Crippen LogP contribution in [0.25, 0.3) is 5.73 Å².